The van der Waals surface area contributed by atoms with Crippen LogP contribution in [0.5, 0.6) is 0 Å². The first-order chi connectivity index (χ1) is 9.84. The summed E-state index contributed by atoms with van der Waals surface area (Å²) in [6.07, 6.45) is 1.72. The zero-order valence-corrected chi connectivity index (χ0v) is 15.2. The molecule has 0 atom stereocenters. The molecule has 0 saturated carbocycles. The molecule has 1 fully saturated rings. The second-order valence-corrected chi connectivity index (χ2v) is 7.75. The van der Waals surface area contributed by atoms with E-state index in [0.29, 0.717) is 18.8 Å². The van der Waals surface area contributed by atoms with Crippen LogP contribution in [0.25, 0.3) is 0 Å². The van der Waals surface area contributed by atoms with Crippen LogP contribution in [-0.4, -0.2) is 40.4 Å². The number of thioether (sulfide) groups is 1. The molecule has 1 amide bonds. The number of nitrogens with zero attached hydrogens (tertiary/aromatic N) is 1. The first-order valence-corrected chi connectivity index (χ1v) is 9.02. The van der Waals surface area contributed by atoms with Crippen molar-refractivity contribution in [2.45, 2.75) is 44.1 Å². The van der Waals surface area contributed by atoms with Crippen molar-refractivity contribution in [1.82, 2.24) is 4.90 Å². The van der Waals surface area contributed by atoms with Gasteiger partial charge < -0.3 is 10.0 Å². The Bertz CT molecular complexity index is 541. The quantitative estimate of drug-likeness (QED) is 0.804. The number of halogens is 1. The summed E-state index contributed by atoms with van der Waals surface area (Å²) in [5.41, 5.74) is 1.72. The molecular weight excluding hydrogens is 350 g/mol. The van der Waals surface area contributed by atoms with E-state index in [-0.39, 0.29) is 5.91 Å². The van der Waals surface area contributed by atoms with E-state index in [4.69, 9.17) is 0 Å². The SMILES string of the molecule is CCCC1(O)CN(C(=O)CSc2cc(C)c(Br)cc2C)C1. The van der Waals surface area contributed by atoms with Gasteiger partial charge in [-0.25, -0.2) is 0 Å². The molecule has 1 heterocycles. The topological polar surface area (TPSA) is 40.5 Å². The van der Waals surface area contributed by atoms with Crippen molar-refractivity contribution in [3.63, 3.8) is 0 Å². The van der Waals surface area contributed by atoms with Crippen molar-refractivity contribution in [2.75, 3.05) is 18.8 Å². The van der Waals surface area contributed by atoms with Gasteiger partial charge in [0.15, 0.2) is 0 Å². The molecule has 3 nitrogen and oxygen atoms in total. The number of hydrogen-bond acceptors (Lipinski definition) is 3. The molecule has 1 aliphatic heterocycles. The molecule has 1 N–H and O–H groups in total. The molecule has 1 aromatic rings. The molecular formula is C16H22BrNO2S. The Morgan fingerprint density at radius 3 is 2.67 bits per heavy atom. The van der Waals surface area contributed by atoms with E-state index in [0.717, 1.165) is 22.2 Å². The van der Waals surface area contributed by atoms with Crippen LogP contribution in [0.1, 0.15) is 30.9 Å². The number of aryl methyl sites for hydroxylation is 2. The number of carbonyl (C=O) groups excluding carboxylic acids is 1. The van der Waals surface area contributed by atoms with E-state index < -0.39 is 5.60 Å². The standard InChI is InChI=1S/C16H22BrNO2S/c1-4-5-16(20)9-18(10-16)15(19)8-21-14-7-11(2)13(17)6-12(14)3/h6-7,20H,4-5,8-10H2,1-3H3. The third kappa shape index (κ3) is 4.02. The van der Waals surface area contributed by atoms with Crippen molar-refractivity contribution in [3.8, 4) is 0 Å². The normalized spacial score (nSPS) is 16.7. The summed E-state index contributed by atoms with van der Waals surface area (Å²) < 4.78 is 1.10. The summed E-state index contributed by atoms with van der Waals surface area (Å²) in [6, 6.07) is 4.20. The monoisotopic (exact) mass is 371 g/mol. The molecule has 1 aliphatic rings. The van der Waals surface area contributed by atoms with Gasteiger partial charge in [0.2, 0.25) is 5.91 Å². The van der Waals surface area contributed by atoms with E-state index in [1.807, 2.05) is 0 Å². The molecule has 0 aliphatic carbocycles. The average Bonchev–Trinajstić information content (AvgIpc) is 2.38. The lowest BCUT2D eigenvalue weighted by atomic mass is 9.89. The molecule has 1 saturated heterocycles. The first kappa shape index (κ1) is 16.8. The molecule has 21 heavy (non-hydrogen) atoms. The van der Waals surface area contributed by atoms with Crippen molar-refractivity contribution >= 4 is 33.6 Å². The predicted octanol–water partition coefficient (Wildman–Crippen LogP) is 3.53. The van der Waals surface area contributed by atoms with Gasteiger partial charge in [-0.2, -0.15) is 0 Å². The van der Waals surface area contributed by atoms with Crippen LogP contribution >= 0.6 is 27.7 Å². The van der Waals surface area contributed by atoms with Crippen LogP contribution in [0.3, 0.4) is 0 Å². The third-order valence-electron chi connectivity index (χ3n) is 3.85. The van der Waals surface area contributed by atoms with Gasteiger partial charge in [-0.15, -0.1) is 11.8 Å². The fourth-order valence-corrected chi connectivity index (χ4v) is 4.07. The summed E-state index contributed by atoms with van der Waals surface area (Å²) in [4.78, 5) is 15.0. The largest absolute Gasteiger partial charge is 0.386 e. The van der Waals surface area contributed by atoms with Crippen LogP contribution in [0, 0.1) is 13.8 Å². The van der Waals surface area contributed by atoms with E-state index in [1.165, 1.54) is 11.1 Å². The van der Waals surface area contributed by atoms with Crippen molar-refractivity contribution in [3.05, 3.63) is 27.7 Å². The maximum Gasteiger partial charge on any atom is 0.233 e. The molecule has 0 spiro atoms. The Hall–Kier alpha value is -0.520. The van der Waals surface area contributed by atoms with Crippen LogP contribution < -0.4 is 0 Å². The minimum absolute atomic E-state index is 0.112. The Labute approximate surface area is 139 Å². The first-order valence-electron chi connectivity index (χ1n) is 7.24. The van der Waals surface area contributed by atoms with Crippen LogP contribution in [-0.2, 0) is 4.79 Å². The third-order valence-corrected chi connectivity index (χ3v) is 5.84. The number of likely N-dealkylation sites (tertiary alicyclic amines) is 1. The van der Waals surface area contributed by atoms with Crippen LogP contribution in [0.2, 0.25) is 0 Å². The summed E-state index contributed by atoms with van der Waals surface area (Å²) in [5, 5.41) is 10.1. The lowest BCUT2D eigenvalue weighted by Crippen LogP contribution is -2.63. The number of β-amino-alcohol motifs (C(OH)–C–C–N with tert-alkyl or cyclic N) is 1. The fourth-order valence-electron chi connectivity index (χ4n) is 2.60. The summed E-state index contributed by atoms with van der Waals surface area (Å²) in [6.45, 7) is 7.13. The number of aliphatic hydroxyl groups is 1. The Morgan fingerprint density at radius 2 is 2.05 bits per heavy atom. The molecule has 0 unspecified atom stereocenters. The molecule has 0 bridgehead atoms. The van der Waals surface area contributed by atoms with Gasteiger partial charge in [-0.1, -0.05) is 29.3 Å². The van der Waals surface area contributed by atoms with Crippen molar-refractivity contribution in [1.29, 1.82) is 0 Å². The molecule has 5 heteroatoms. The predicted molar refractivity (Wildman–Crippen MR) is 90.8 cm³/mol. The number of benzene rings is 1. The highest BCUT2D eigenvalue weighted by atomic mass is 79.9. The summed E-state index contributed by atoms with van der Waals surface area (Å²) in [5.74, 6) is 0.546. The van der Waals surface area contributed by atoms with Crippen LogP contribution in [0.15, 0.2) is 21.5 Å². The van der Waals surface area contributed by atoms with E-state index in [2.05, 4.69) is 48.8 Å². The zero-order chi connectivity index (χ0) is 15.6. The highest BCUT2D eigenvalue weighted by Gasteiger charge is 2.42. The minimum atomic E-state index is -0.640. The number of carbonyl (C=O) groups is 1. The van der Waals surface area contributed by atoms with Gasteiger partial charge in [-0.3, -0.25) is 4.79 Å². The van der Waals surface area contributed by atoms with Crippen LogP contribution in [0.4, 0.5) is 0 Å². The maximum atomic E-state index is 12.1. The fraction of sp³-hybridized carbons (Fsp3) is 0.562. The Kier molecular flexibility index (Phi) is 5.38. The van der Waals surface area contributed by atoms with Gasteiger partial charge in [0, 0.05) is 9.37 Å². The number of hydrogen-bond donors (Lipinski definition) is 1. The number of amides is 1. The van der Waals surface area contributed by atoms with E-state index >= 15 is 0 Å². The van der Waals surface area contributed by atoms with Gasteiger partial charge in [-0.05, 0) is 43.5 Å². The van der Waals surface area contributed by atoms with Gasteiger partial charge >= 0.3 is 0 Å². The van der Waals surface area contributed by atoms with Crippen molar-refractivity contribution < 1.29 is 9.90 Å². The van der Waals surface area contributed by atoms with E-state index in [1.54, 1.807) is 16.7 Å². The van der Waals surface area contributed by atoms with Gasteiger partial charge in [0.05, 0.1) is 24.4 Å². The molecule has 1 aromatic carbocycles. The molecule has 2 rings (SSSR count). The smallest absolute Gasteiger partial charge is 0.233 e. The van der Waals surface area contributed by atoms with Gasteiger partial charge in [0.25, 0.3) is 0 Å². The molecule has 116 valence electrons. The summed E-state index contributed by atoms with van der Waals surface area (Å²) in [7, 11) is 0. The zero-order valence-electron chi connectivity index (χ0n) is 12.8. The molecule has 0 radical (unpaired) electrons. The molecule has 0 aromatic heterocycles. The van der Waals surface area contributed by atoms with E-state index in [9.17, 15) is 9.90 Å². The maximum absolute atomic E-state index is 12.1. The van der Waals surface area contributed by atoms with Crippen molar-refractivity contribution in [2.24, 2.45) is 0 Å². The Balaban J connectivity index is 1.87. The summed E-state index contributed by atoms with van der Waals surface area (Å²) >= 11 is 5.09. The highest BCUT2D eigenvalue weighted by Crippen LogP contribution is 2.30. The lowest BCUT2D eigenvalue weighted by molar-refractivity contribution is -0.153. The van der Waals surface area contributed by atoms with Gasteiger partial charge in [0.1, 0.15) is 0 Å². The minimum Gasteiger partial charge on any atom is -0.386 e. The highest BCUT2D eigenvalue weighted by molar-refractivity contribution is 9.10. The number of rotatable bonds is 5. The average molecular weight is 372 g/mol. The lowest BCUT2D eigenvalue weighted by Gasteiger charge is -2.46. The Morgan fingerprint density at radius 1 is 1.38 bits per heavy atom. The second-order valence-electron chi connectivity index (χ2n) is 5.88. The second kappa shape index (κ2) is 6.71.